The van der Waals surface area contributed by atoms with Crippen molar-refractivity contribution in [3.05, 3.63) is 19.6 Å². The normalized spacial score (nSPS) is 10.3. The smallest absolute Gasteiger partial charge is 0.0325 e. The maximum Gasteiger partial charge on any atom is -0.0325 e. The summed E-state index contributed by atoms with van der Waals surface area (Å²) in [5, 5.41) is 0. The summed E-state index contributed by atoms with van der Waals surface area (Å²) >= 11 is 0. The second-order valence-electron chi connectivity index (χ2n) is 2.82. The first-order valence-electron chi connectivity index (χ1n) is 4.25. The van der Waals surface area contributed by atoms with Crippen LogP contribution in [0.1, 0.15) is 39.0 Å². The van der Waals surface area contributed by atoms with Crippen LogP contribution in [0.4, 0.5) is 0 Å². The van der Waals surface area contributed by atoms with Gasteiger partial charge in [0.15, 0.2) is 0 Å². The number of allylic oxidation sites excluding steroid dienone is 1. The Bertz CT molecular complexity index is 68.1. The zero-order valence-electron chi connectivity index (χ0n) is 7.10. The van der Waals surface area contributed by atoms with Gasteiger partial charge in [-0.1, -0.05) is 45.6 Å². The first-order valence-corrected chi connectivity index (χ1v) is 4.25. The zero-order valence-corrected chi connectivity index (χ0v) is 7.10. The molecule has 0 spiro atoms. The molecular formula is C10H19. The molecule has 0 aromatic carbocycles. The first kappa shape index (κ1) is 9.74. The van der Waals surface area contributed by atoms with E-state index >= 15 is 0 Å². The Morgan fingerprint density at radius 2 is 2.10 bits per heavy atom. The van der Waals surface area contributed by atoms with E-state index in [1.807, 2.05) is 6.08 Å². The average Bonchev–Trinajstić information content (AvgIpc) is 1.90. The summed E-state index contributed by atoms with van der Waals surface area (Å²) in [4.78, 5) is 0. The average molecular weight is 139 g/mol. The molecule has 0 fully saturated rings. The minimum Gasteiger partial charge on any atom is -0.103 e. The lowest BCUT2D eigenvalue weighted by Crippen LogP contribution is -1.97. The number of rotatable bonds is 6. The molecule has 0 aliphatic heterocycles. The van der Waals surface area contributed by atoms with Crippen molar-refractivity contribution in [3.63, 3.8) is 0 Å². The Balaban J connectivity index is 3.38. The van der Waals surface area contributed by atoms with Gasteiger partial charge in [-0.2, -0.15) is 0 Å². The highest BCUT2D eigenvalue weighted by atomic mass is 14.1. The molecule has 1 radical (unpaired) electrons. The third kappa shape index (κ3) is 4.60. The standard InChI is InChI=1S/C10H19/c1-4-7-10(8-5-2)9-6-3/h4,10H,1-2,5-9H2,3H3. The first-order chi connectivity index (χ1) is 4.85. The van der Waals surface area contributed by atoms with Crippen LogP contribution in [0.3, 0.4) is 0 Å². The highest BCUT2D eigenvalue weighted by Crippen LogP contribution is 2.17. The summed E-state index contributed by atoms with van der Waals surface area (Å²) in [7, 11) is 0. The molecule has 0 saturated carbocycles. The Morgan fingerprint density at radius 1 is 1.40 bits per heavy atom. The lowest BCUT2D eigenvalue weighted by atomic mass is 9.95. The molecule has 59 valence electrons. The largest absolute Gasteiger partial charge is 0.103 e. The van der Waals surface area contributed by atoms with Crippen molar-refractivity contribution < 1.29 is 0 Å². The van der Waals surface area contributed by atoms with Crippen LogP contribution >= 0.6 is 0 Å². The van der Waals surface area contributed by atoms with E-state index in [2.05, 4.69) is 20.4 Å². The maximum absolute atomic E-state index is 3.86. The monoisotopic (exact) mass is 139 g/mol. The molecule has 0 aromatic rings. The Morgan fingerprint density at radius 3 is 2.50 bits per heavy atom. The van der Waals surface area contributed by atoms with Crippen LogP contribution in [0.2, 0.25) is 0 Å². The molecule has 0 saturated heterocycles. The van der Waals surface area contributed by atoms with Crippen molar-refractivity contribution in [1.29, 1.82) is 0 Å². The quantitative estimate of drug-likeness (QED) is 0.493. The van der Waals surface area contributed by atoms with Gasteiger partial charge in [0.1, 0.15) is 0 Å². The van der Waals surface area contributed by atoms with E-state index in [1.165, 1.54) is 25.7 Å². The molecule has 1 unspecified atom stereocenters. The van der Waals surface area contributed by atoms with Gasteiger partial charge in [0, 0.05) is 0 Å². The van der Waals surface area contributed by atoms with Crippen LogP contribution in [0.5, 0.6) is 0 Å². The van der Waals surface area contributed by atoms with Crippen LogP contribution in [-0.4, -0.2) is 0 Å². The predicted octanol–water partition coefficient (Wildman–Crippen LogP) is 3.59. The van der Waals surface area contributed by atoms with E-state index in [0.717, 1.165) is 12.3 Å². The molecule has 0 aliphatic carbocycles. The van der Waals surface area contributed by atoms with E-state index in [9.17, 15) is 0 Å². The van der Waals surface area contributed by atoms with Crippen LogP contribution in [0.15, 0.2) is 12.7 Å². The van der Waals surface area contributed by atoms with Crippen LogP contribution in [0.25, 0.3) is 0 Å². The van der Waals surface area contributed by atoms with Crippen molar-refractivity contribution >= 4 is 0 Å². The number of hydrogen-bond donors (Lipinski definition) is 0. The Labute approximate surface area is 65.3 Å². The van der Waals surface area contributed by atoms with E-state index in [4.69, 9.17) is 0 Å². The van der Waals surface area contributed by atoms with Gasteiger partial charge in [-0.05, 0) is 12.3 Å². The summed E-state index contributed by atoms with van der Waals surface area (Å²) < 4.78 is 0. The maximum atomic E-state index is 3.86. The predicted molar refractivity (Wildman–Crippen MR) is 47.8 cm³/mol. The van der Waals surface area contributed by atoms with Crippen LogP contribution < -0.4 is 0 Å². The van der Waals surface area contributed by atoms with Gasteiger partial charge in [-0.25, -0.2) is 0 Å². The molecule has 0 amide bonds. The topological polar surface area (TPSA) is 0 Å². The van der Waals surface area contributed by atoms with Crippen molar-refractivity contribution in [3.8, 4) is 0 Å². The molecule has 0 nitrogen and oxygen atoms in total. The van der Waals surface area contributed by atoms with E-state index < -0.39 is 0 Å². The third-order valence-corrected chi connectivity index (χ3v) is 1.81. The van der Waals surface area contributed by atoms with Gasteiger partial charge in [0.05, 0.1) is 0 Å². The zero-order chi connectivity index (χ0) is 7.82. The molecule has 0 bridgehead atoms. The molecule has 1 atom stereocenters. The van der Waals surface area contributed by atoms with Crippen LogP contribution in [-0.2, 0) is 0 Å². The van der Waals surface area contributed by atoms with Crippen molar-refractivity contribution in [2.24, 2.45) is 5.92 Å². The molecule has 0 aliphatic rings. The van der Waals surface area contributed by atoms with Crippen LogP contribution in [0, 0.1) is 12.8 Å². The number of hydrogen-bond acceptors (Lipinski definition) is 0. The Kier molecular flexibility index (Phi) is 6.68. The summed E-state index contributed by atoms with van der Waals surface area (Å²) in [6.45, 7) is 9.84. The fourth-order valence-corrected chi connectivity index (χ4v) is 1.31. The minimum atomic E-state index is 0.847. The molecule has 0 aromatic heterocycles. The van der Waals surface area contributed by atoms with Crippen molar-refractivity contribution in [1.82, 2.24) is 0 Å². The highest BCUT2D eigenvalue weighted by molar-refractivity contribution is 4.73. The fraction of sp³-hybridized carbons (Fsp3) is 0.700. The SMILES string of the molecule is [CH2]CCC(CC=C)CCC. The van der Waals surface area contributed by atoms with Gasteiger partial charge >= 0.3 is 0 Å². The van der Waals surface area contributed by atoms with Crippen molar-refractivity contribution in [2.75, 3.05) is 0 Å². The van der Waals surface area contributed by atoms with Gasteiger partial charge in [0.2, 0.25) is 0 Å². The third-order valence-electron chi connectivity index (χ3n) is 1.81. The molecule has 0 heterocycles. The van der Waals surface area contributed by atoms with E-state index in [1.54, 1.807) is 0 Å². The summed E-state index contributed by atoms with van der Waals surface area (Å²) in [6, 6.07) is 0. The molecule has 0 N–H and O–H groups in total. The summed E-state index contributed by atoms with van der Waals surface area (Å²) in [5.41, 5.74) is 0. The minimum absolute atomic E-state index is 0.847. The second kappa shape index (κ2) is 6.85. The Hall–Kier alpha value is -0.260. The van der Waals surface area contributed by atoms with E-state index in [-0.39, 0.29) is 0 Å². The second-order valence-corrected chi connectivity index (χ2v) is 2.82. The van der Waals surface area contributed by atoms with Crippen molar-refractivity contribution in [2.45, 2.75) is 39.0 Å². The van der Waals surface area contributed by atoms with Gasteiger partial charge in [0.25, 0.3) is 0 Å². The molecule has 10 heavy (non-hydrogen) atoms. The van der Waals surface area contributed by atoms with E-state index in [0.29, 0.717) is 0 Å². The summed E-state index contributed by atoms with van der Waals surface area (Å²) in [5.74, 6) is 0.847. The van der Waals surface area contributed by atoms with Gasteiger partial charge < -0.3 is 0 Å². The van der Waals surface area contributed by atoms with Gasteiger partial charge in [-0.3, -0.25) is 0 Å². The lowest BCUT2D eigenvalue weighted by Gasteiger charge is -2.11. The molecule has 0 heteroatoms. The fourth-order valence-electron chi connectivity index (χ4n) is 1.31. The highest BCUT2D eigenvalue weighted by Gasteiger charge is 2.02. The molecule has 0 rings (SSSR count). The summed E-state index contributed by atoms with van der Waals surface area (Å²) in [6.07, 6.45) is 8.15. The van der Waals surface area contributed by atoms with Gasteiger partial charge in [-0.15, -0.1) is 6.58 Å². The lowest BCUT2D eigenvalue weighted by molar-refractivity contribution is 0.454. The molecular weight excluding hydrogens is 120 g/mol.